The van der Waals surface area contributed by atoms with E-state index >= 15 is 0 Å². The Kier molecular flexibility index (Phi) is 5.33. The molecule has 2 aromatic carbocycles. The molecule has 0 atom stereocenters. The number of rotatable bonds is 4. The highest BCUT2D eigenvalue weighted by Gasteiger charge is 2.34. The van der Waals surface area contributed by atoms with Crippen molar-refractivity contribution in [2.24, 2.45) is 0 Å². The predicted octanol–water partition coefficient (Wildman–Crippen LogP) is 6.20. The van der Waals surface area contributed by atoms with Crippen molar-refractivity contribution in [2.75, 3.05) is 0 Å². The fourth-order valence-electron chi connectivity index (χ4n) is 1.89. The molecule has 7 heteroatoms. The first-order valence-electron chi connectivity index (χ1n) is 6.60. The van der Waals surface area contributed by atoms with Crippen molar-refractivity contribution in [1.82, 2.24) is 0 Å². The lowest BCUT2D eigenvalue weighted by molar-refractivity contribution is -0.0683. The Labute approximate surface area is 133 Å². The summed E-state index contributed by atoms with van der Waals surface area (Å²) in [6.45, 7) is 0. The fraction of sp³-hybridized carbons (Fsp3) is 0.0588. The van der Waals surface area contributed by atoms with Crippen molar-refractivity contribution in [3.05, 3.63) is 77.8 Å². The molecule has 0 amide bonds. The summed E-state index contributed by atoms with van der Waals surface area (Å²) in [6, 6.07) is 9.75. The van der Waals surface area contributed by atoms with Gasteiger partial charge in [-0.15, -0.1) is 0 Å². The van der Waals surface area contributed by atoms with Crippen LogP contribution in [0.15, 0.2) is 66.7 Å². The van der Waals surface area contributed by atoms with Gasteiger partial charge in [0.05, 0.1) is 5.57 Å². The van der Waals surface area contributed by atoms with Crippen LogP contribution in [-0.4, -0.2) is 6.18 Å². The minimum atomic E-state index is -4.63. The third kappa shape index (κ3) is 4.65. The monoisotopic (exact) mass is 344 g/mol. The van der Waals surface area contributed by atoms with Gasteiger partial charge in [-0.2, -0.15) is 26.3 Å². The summed E-state index contributed by atoms with van der Waals surface area (Å²) in [6.07, 6.45) is -6.33. The molecular weight excluding hydrogens is 334 g/mol. The molecule has 24 heavy (non-hydrogen) atoms. The molecule has 0 saturated heterocycles. The van der Waals surface area contributed by atoms with Gasteiger partial charge >= 0.3 is 18.3 Å². The molecule has 1 nitrogen and oxygen atoms in total. The molecule has 2 aromatic rings. The minimum absolute atomic E-state index is 0.205. The van der Waals surface area contributed by atoms with Crippen LogP contribution in [0.4, 0.5) is 26.3 Å². The van der Waals surface area contributed by atoms with Crippen LogP contribution in [0.25, 0.3) is 11.6 Å². The van der Waals surface area contributed by atoms with Crippen LogP contribution in [0, 0.1) is 0 Å². The number of hydrogen-bond acceptors (Lipinski definition) is 1. The zero-order chi connectivity index (χ0) is 17.7. The number of halogens is 6. The molecular formula is C17H10F6O. The van der Waals surface area contributed by atoms with E-state index in [0.29, 0.717) is 5.56 Å². The standard InChI is InChI=1S/C17H10F6O/c18-15(19)16(20)24-13-8-6-12(7-9-13)14(17(21,22)23)10-11-4-2-1-3-5-11/h1-10H. The lowest BCUT2D eigenvalue weighted by Gasteiger charge is -2.13. The summed E-state index contributed by atoms with van der Waals surface area (Å²) >= 11 is 0. The summed E-state index contributed by atoms with van der Waals surface area (Å²) in [5, 5.41) is 0. The van der Waals surface area contributed by atoms with Gasteiger partial charge in [-0.25, -0.2) is 0 Å². The largest absolute Gasteiger partial charge is 0.428 e. The van der Waals surface area contributed by atoms with Crippen molar-refractivity contribution in [3.63, 3.8) is 0 Å². The lowest BCUT2D eigenvalue weighted by Crippen LogP contribution is -2.10. The van der Waals surface area contributed by atoms with E-state index in [1.165, 1.54) is 12.1 Å². The molecule has 2 rings (SSSR count). The Morgan fingerprint density at radius 3 is 1.92 bits per heavy atom. The van der Waals surface area contributed by atoms with Crippen LogP contribution in [0.3, 0.4) is 0 Å². The zero-order valence-corrected chi connectivity index (χ0v) is 11.9. The average molecular weight is 344 g/mol. The fourth-order valence-corrected chi connectivity index (χ4v) is 1.89. The topological polar surface area (TPSA) is 9.23 Å². The molecule has 0 unspecified atom stereocenters. The highest BCUT2D eigenvalue weighted by molar-refractivity contribution is 5.84. The van der Waals surface area contributed by atoms with Crippen molar-refractivity contribution < 1.29 is 31.1 Å². The van der Waals surface area contributed by atoms with Gasteiger partial charge in [-0.05, 0) is 29.3 Å². The molecule has 0 radical (unpaired) electrons. The highest BCUT2D eigenvalue weighted by atomic mass is 19.4. The first-order valence-corrected chi connectivity index (χ1v) is 6.60. The first kappa shape index (κ1) is 17.7. The molecule has 0 aliphatic heterocycles. The summed E-state index contributed by atoms with van der Waals surface area (Å²) in [5.74, 6) is -0.342. The molecule has 0 fully saturated rings. The summed E-state index contributed by atoms with van der Waals surface area (Å²) in [4.78, 5) is 0. The Hall–Kier alpha value is -2.70. The van der Waals surface area contributed by atoms with Gasteiger partial charge in [0, 0.05) is 0 Å². The van der Waals surface area contributed by atoms with Gasteiger partial charge in [-0.1, -0.05) is 42.5 Å². The molecule has 0 aromatic heterocycles. The van der Waals surface area contributed by atoms with Crippen LogP contribution in [0.5, 0.6) is 5.75 Å². The maximum absolute atomic E-state index is 13.2. The summed E-state index contributed by atoms with van der Waals surface area (Å²) < 4.78 is 80.4. The molecule has 0 N–H and O–H groups in total. The van der Waals surface area contributed by atoms with E-state index in [0.717, 1.165) is 30.3 Å². The molecule has 0 bridgehead atoms. The Bertz CT molecular complexity index is 741. The van der Waals surface area contributed by atoms with E-state index in [-0.39, 0.29) is 11.3 Å². The van der Waals surface area contributed by atoms with Gasteiger partial charge in [0.1, 0.15) is 5.75 Å². The third-order valence-corrected chi connectivity index (χ3v) is 2.94. The van der Waals surface area contributed by atoms with Gasteiger partial charge in [0.2, 0.25) is 0 Å². The Morgan fingerprint density at radius 1 is 0.833 bits per heavy atom. The minimum Gasteiger partial charge on any atom is -0.428 e. The quantitative estimate of drug-likeness (QED) is 0.364. The Morgan fingerprint density at radius 2 is 1.42 bits per heavy atom. The van der Waals surface area contributed by atoms with Crippen LogP contribution >= 0.6 is 0 Å². The second-order valence-corrected chi connectivity index (χ2v) is 4.63. The molecule has 0 heterocycles. The molecule has 0 aliphatic carbocycles. The highest BCUT2D eigenvalue weighted by Crippen LogP contribution is 2.36. The average Bonchev–Trinajstić information content (AvgIpc) is 2.53. The Balaban J connectivity index is 2.35. The summed E-state index contributed by atoms with van der Waals surface area (Å²) in [5.41, 5.74) is -0.782. The molecule has 126 valence electrons. The van der Waals surface area contributed by atoms with E-state index < -0.39 is 23.8 Å². The van der Waals surface area contributed by atoms with Crippen molar-refractivity contribution in [1.29, 1.82) is 0 Å². The third-order valence-electron chi connectivity index (χ3n) is 2.94. The molecule has 0 aliphatic rings. The van der Waals surface area contributed by atoms with E-state index in [1.54, 1.807) is 18.2 Å². The predicted molar refractivity (Wildman–Crippen MR) is 77.8 cm³/mol. The lowest BCUT2D eigenvalue weighted by atomic mass is 10.0. The first-order chi connectivity index (χ1) is 11.3. The van der Waals surface area contributed by atoms with E-state index in [4.69, 9.17) is 0 Å². The van der Waals surface area contributed by atoms with Crippen molar-refractivity contribution >= 4 is 11.6 Å². The maximum Gasteiger partial charge on any atom is 0.417 e. The summed E-state index contributed by atoms with van der Waals surface area (Å²) in [7, 11) is 0. The van der Waals surface area contributed by atoms with E-state index in [9.17, 15) is 26.3 Å². The number of benzene rings is 2. The van der Waals surface area contributed by atoms with Gasteiger partial charge < -0.3 is 4.74 Å². The van der Waals surface area contributed by atoms with Crippen molar-refractivity contribution in [2.45, 2.75) is 6.18 Å². The second kappa shape index (κ2) is 7.25. The van der Waals surface area contributed by atoms with Gasteiger partial charge in [0.15, 0.2) is 0 Å². The number of allylic oxidation sites excluding steroid dienone is 1. The number of hydrogen-bond donors (Lipinski definition) is 0. The zero-order valence-electron chi connectivity index (χ0n) is 11.9. The van der Waals surface area contributed by atoms with Crippen LogP contribution < -0.4 is 4.74 Å². The maximum atomic E-state index is 13.2. The van der Waals surface area contributed by atoms with Crippen molar-refractivity contribution in [3.8, 4) is 5.75 Å². The SMILES string of the molecule is FC(F)=C(F)Oc1ccc(C(=Cc2ccccc2)C(F)(F)F)cc1. The van der Waals surface area contributed by atoms with Crippen LogP contribution in [0.1, 0.15) is 11.1 Å². The molecule has 0 saturated carbocycles. The van der Waals surface area contributed by atoms with E-state index in [2.05, 4.69) is 4.74 Å². The van der Waals surface area contributed by atoms with E-state index in [1.807, 2.05) is 0 Å². The number of ether oxygens (including phenoxy) is 1. The number of alkyl halides is 3. The smallest absolute Gasteiger partial charge is 0.417 e. The molecule has 0 spiro atoms. The second-order valence-electron chi connectivity index (χ2n) is 4.63. The van der Waals surface area contributed by atoms with Gasteiger partial charge in [0.25, 0.3) is 0 Å². The van der Waals surface area contributed by atoms with Gasteiger partial charge in [-0.3, -0.25) is 0 Å². The van der Waals surface area contributed by atoms with Crippen LogP contribution in [0.2, 0.25) is 0 Å². The normalized spacial score (nSPS) is 12.0. The van der Waals surface area contributed by atoms with Crippen LogP contribution in [-0.2, 0) is 0 Å².